The number of carbonyl (C=O) groups is 2. The summed E-state index contributed by atoms with van der Waals surface area (Å²) in [5, 5.41) is 24.3. The molecule has 40 heavy (non-hydrogen) atoms. The number of aliphatic carboxylic acids is 1. The zero-order valence-electron chi connectivity index (χ0n) is 22.3. The van der Waals surface area contributed by atoms with E-state index in [2.05, 4.69) is 33.5 Å². The Labute approximate surface area is 230 Å². The normalized spacial score (nSPS) is 19.9. The molecule has 1 saturated heterocycles. The van der Waals surface area contributed by atoms with Crippen molar-refractivity contribution < 1.29 is 37.7 Å². The maximum Gasteiger partial charge on any atom is 0.490 e. The number of aromatic hydroxyl groups is 1. The van der Waals surface area contributed by atoms with Crippen molar-refractivity contribution in [1.29, 1.82) is 0 Å². The third-order valence-electron chi connectivity index (χ3n) is 7.46. The molecule has 1 saturated carbocycles. The molecule has 2 aliphatic heterocycles. The first-order chi connectivity index (χ1) is 19.0. The number of alkyl halides is 3. The number of nitrogens with one attached hydrogen (secondary N) is 2. The lowest BCUT2D eigenvalue weighted by atomic mass is 9.93. The molecule has 12 heteroatoms. The Balaban J connectivity index is 0.000000470. The Kier molecular flexibility index (Phi) is 9.41. The molecule has 218 valence electrons. The lowest BCUT2D eigenvalue weighted by molar-refractivity contribution is -0.192. The van der Waals surface area contributed by atoms with Crippen LogP contribution in [0.1, 0.15) is 42.7 Å². The molecule has 2 aromatic carbocycles. The van der Waals surface area contributed by atoms with Gasteiger partial charge in [-0.3, -0.25) is 9.69 Å². The minimum Gasteiger partial charge on any atom is -0.508 e. The second-order valence-corrected chi connectivity index (χ2v) is 10.4. The standard InChI is InChI=1S/C26H34N4O3.C2HF3O2/c1-29-10-12-30(13-11-29)17-19-14-20(18-6-2-3-7-18)23(31)15-22(19)28-26(32)25-16-27-21-8-4-5-9-24(21)33-25;3-2(4,5)1(6)7/h4-5,8-9,14-15,18,25,27,31H,2-3,6-7,10-13,16-17H2,1H3,(H,28,32);(H,6,7). The van der Waals surface area contributed by atoms with Gasteiger partial charge in [0.05, 0.1) is 12.2 Å². The lowest BCUT2D eigenvalue weighted by Gasteiger charge is -2.33. The van der Waals surface area contributed by atoms with Gasteiger partial charge in [-0.15, -0.1) is 0 Å². The summed E-state index contributed by atoms with van der Waals surface area (Å²) in [6.07, 6.45) is -1.05. The highest BCUT2D eigenvalue weighted by Crippen LogP contribution is 2.41. The molecule has 1 unspecified atom stereocenters. The van der Waals surface area contributed by atoms with Crippen LogP contribution in [0.4, 0.5) is 24.5 Å². The van der Waals surface area contributed by atoms with Crippen molar-refractivity contribution in [3.63, 3.8) is 0 Å². The average molecular weight is 565 g/mol. The van der Waals surface area contributed by atoms with E-state index in [-0.39, 0.29) is 11.7 Å². The van der Waals surface area contributed by atoms with Crippen LogP contribution in [0.2, 0.25) is 0 Å². The highest BCUT2D eigenvalue weighted by atomic mass is 19.4. The summed E-state index contributed by atoms with van der Waals surface area (Å²) < 4.78 is 37.7. The highest BCUT2D eigenvalue weighted by molar-refractivity contribution is 5.96. The molecule has 1 amide bonds. The van der Waals surface area contributed by atoms with E-state index in [1.807, 2.05) is 24.3 Å². The van der Waals surface area contributed by atoms with Gasteiger partial charge < -0.3 is 30.5 Å². The van der Waals surface area contributed by atoms with E-state index in [1.165, 1.54) is 12.8 Å². The number of ether oxygens (including phenoxy) is 1. The number of likely N-dealkylation sites (N-methyl/N-ethyl adjacent to an activating group) is 1. The number of piperazine rings is 1. The minimum absolute atomic E-state index is 0.204. The second kappa shape index (κ2) is 12.8. The van der Waals surface area contributed by atoms with Crippen LogP contribution in [-0.4, -0.2) is 83.9 Å². The summed E-state index contributed by atoms with van der Waals surface area (Å²) in [5.41, 5.74) is 3.67. The molecule has 0 bridgehead atoms. The molecular formula is C28H35F3N4O5. The number of halogens is 3. The number of hydrogen-bond acceptors (Lipinski definition) is 7. The molecule has 2 heterocycles. The summed E-state index contributed by atoms with van der Waals surface area (Å²) in [7, 11) is 2.15. The van der Waals surface area contributed by atoms with Crippen LogP contribution in [0, 0.1) is 0 Å². The van der Waals surface area contributed by atoms with Crippen LogP contribution in [0.5, 0.6) is 11.5 Å². The van der Waals surface area contributed by atoms with E-state index in [9.17, 15) is 23.1 Å². The number of carbonyl (C=O) groups excluding carboxylic acids is 1. The van der Waals surface area contributed by atoms with Gasteiger partial charge in [0.15, 0.2) is 6.10 Å². The summed E-state index contributed by atoms with van der Waals surface area (Å²) in [6.45, 7) is 5.23. The zero-order valence-corrected chi connectivity index (χ0v) is 22.3. The molecule has 2 aromatic rings. The Morgan fingerprint density at radius 3 is 2.40 bits per heavy atom. The van der Waals surface area contributed by atoms with Gasteiger partial charge in [0.1, 0.15) is 11.5 Å². The zero-order chi connectivity index (χ0) is 28.9. The summed E-state index contributed by atoms with van der Waals surface area (Å²) >= 11 is 0. The summed E-state index contributed by atoms with van der Waals surface area (Å²) in [4.78, 5) is 26.8. The van der Waals surface area contributed by atoms with E-state index >= 15 is 0 Å². The van der Waals surface area contributed by atoms with Gasteiger partial charge in [0.2, 0.25) is 0 Å². The van der Waals surface area contributed by atoms with E-state index in [1.54, 1.807) is 6.07 Å². The van der Waals surface area contributed by atoms with Crippen molar-refractivity contribution in [1.82, 2.24) is 9.80 Å². The van der Waals surface area contributed by atoms with Crippen molar-refractivity contribution in [2.45, 2.75) is 50.4 Å². The molecule has 0 radical (unpaired) electrons. The first-order valence-electron chi connectivity index (χ1n) is 13.4. The SMILES string of the molecule is CN1CCN(Cc2cc(C3CCCC3)c(O)cc2NC(=O)C2CNc3ccccc3O2)CC1.O=C(O)C(F)(F)F. The number of hydrogen-bond donors (Lipinski definition) is 4. The molecule has 9 nitrogen and oxygen atoms in total. The number of para-hydroxylation sites is 2. The Morgan fingerprint density at radius 1 is 1.10 bits per heavy atom. The lowest BCUT2D eigenvalue weighted by Crippen LogP contribution is -2.44. The number of fused-ring (bicyclic) bond motifs is 1. The molecule has 5 rings (SSSR count). The quantitative estimate of drug-likeness (QED) is 0.427. The summed E-state index contributed by atoms with van der Waals surface area (Å²) in [5.74, 6) is -1.59. The number of anilines is 2. The minimum atomic E-state index is -5.08. The smallest absolute Gasteiger partial charge is 0.490 e. The fourth-order valence-corrected chi connectivity index (χ4v) is 5.18. The molecular weight excluding hydrogens is 529 g/mol. The van der Waals surface area contributed by atoms with Gasteiger partial charge in [-0.2, -0.15) is 13.2 Å². The first kappa shape index (κ1) is 29.5. The molecule has 1 aliphatic carbocycles. The number of nitrogens with zero attached hydrogens (tertiary/aromatic N) is 2. The third kappa shape index (κ3) is 7.57. The Morgan fingerprint density at radius 2 is 1.75 bits per heavy atom. The second-order valence-electron chi connectivity index (χ2n) is 10.4. The van der Waals surface area contributed by atoms with Crippen LogP contribution < -0.4 is 15.4 Å². The number of amides is 1. The van der Waals surface area contributed by atoms with E-state index in [0.29, 0.717) is 23.9 Å². The maximum absolute atomic E-state index is 13.1. The molecule has 3 aliphatic rings. The van der Waals surface area contributed by atoms with Crippen molar-refractivity contribution in [2.75, 3.05) is 50.4 Å². The van der Waals surface area contributed by atoms with E-state index in [0.717, 1.165) is 62.4 Å². The number of phenols is 1. The van der Waals surface area contributed by atoms with Crippen LogP contribution in [-0.2, 0) is 16.1 Å². The van der Waals surface area contributed by atoms with Crippen molar-refractivity contribution >= 4 is 23.3 Å². The van der Waals surface area contributed by atoms with Crippen molar-refractivity contribution in [3.05, 3.63) is 47.5 Å². The predicted octanol–water partition coefficient (Wildman–Crippen LogP) is 4.24. The summed E-state index contributed by atoms with van der Waals surface area (Å²) in [6, 6.07) is 11.5. The van der Waals surface area contributed by atoms with E-state index < -0.39 is 18.2 Å². The Hall–Kier alpha value is -3.51. The predicted molar refractivity (Wildman–Crippen MR) is 144 cm³/mol. The first-order valence-corrected chi connectivity index (χ1v) is 13.4. The van der Waals surface area contributed by atoms with Crippen LogP contribution in [0.25, 0.3) is 0 Å². The van der Waals surface area contributed by atoms with Gasteiger partial charge in [0.25, 0.3) is 5.91 Å². The highest BCUT2D eigenvalue weighted by Gasteiger charge is 2.38. The monoisotopic (exact) mass is 564 g/mol. The van der Waals surface area contributed by atoms with Gasteiger partial charge in [-0.05, 0) is 55.1 Å². The van der Waals surface area contributed by atoms with Crippen molar-refractivity contribution in [2.24, 2.45) is 0 Å². The van der Waals surface area contributed by atoms with Gasteiger partial charge in [0, 0.05) is 44.5 Å². The largest absolute Gasteiger partial charge is 0.508 e. The van der Waals surface area contributed by atoms with Crippen LogP contribution in [0.15, 0.2) is 36.4 Å². The topological polar surface area (TPSA) is 114 Å². The van der Waals surface area contributed by atoms with Crippen LogP contribution in [0.3, 0.4) is 0 Å². The number of phenolic OH excluding ortho intramolecular Hbond substituents is 1. The van der Waals surface area contributed by atoms with Crippen molar-refractivity contribution in [3.8, 4) is 11.5 Å². The van der Waals surface area contributed by atoms with Crippen LogP contribution >= 0.6 is 0 Å². The molecule has 1 atom stereocenters. The average Bonchev–Trinajstić information content (AvgIpc) is 3.45. The van der Waals surface area contributed by atoms with Gasteiger partial charge in [-0.1, -0.05) is 25.0 Å². The molecule has 0 spiro atoms. The molecule has 0 aromatic heterocycles. The molecule has 2 fully saturated rings. The fourth-order valence-electron chi connectivity index (χ4n) is 5.18. The maximum atomic E-state index is 13.1. The van der Waals surface area contributed by atoms with Gasteiger partial charge >= 0.3 is 12.1 Å². The fraction of sp³-hybridized carbons (Fsp3) is 0.500. The number of carboxylic acid groups (broad SMARTS) is 1. The van der Waals surface area contributed by atoms with E-state index in [4.69, 9.17) is 14.6 Å². The molecule has 4 N–H and O–H groups in total. The van der Waals surface area contributed by atoms with Gasteiger partial charge in [-0.25, -0.2) is 4.79 Å². The number of benzene rings is 2. The Bertz CT molecular complexity index is 1190. The number of carboxylic acids is 1. The third-order valence-corrected chi connectivity index (χ3v) is 7.46. The number of rotatable bonds is 5.